The van der Waals surface area contributed by atoms with Crippen LogP contribution in [0.4, 0.5) is 0 Å². The number of carbonyl (C=O) groups is 1. The first-order valence-corrected chi connectivity index (χ1v) is 6.05. The molecule has 1 aliphatic carbocycles. The first kappa shape index (κ1) is 13.5. The fourth-order valence-electron chi connectivity index (χ4n) is 2.41. The third-order valence-electron chi connectivity index (χ3n) is 3.34. The molecule has 1 saturated carbocycles. The Morgan fingerprint density at radius 1 is 1.25 bits per heavy atom. The van der Waals surface area contributed by atoms with Gasteiger partial charge in [0.05, 0.1) is 6.61 Å². The Bertz CT molecular complexity index is 243. The van der Waals surface area contributed by atoms with Gasteiger partial charge in [-0.25, -0.2) is 0 Å². The molecule has 0 radical (unpaired) electrons. The van der Waals surface area contributed by atoms with Crippen molar-refractivity contribution in [1.29, 1.82) is 0 Å². The minimum absolute atomic E-state index is 0.0535. The number of aliphatic carboxylic acids is 1. The zero-order valence-electron chi connectivity index (χ0n) is 10.3. The molecule has 4 nitrogen and oxygen atoms in total. The smallest absolute Gasteiger partial charge is 0.323 e. The van der Waals surface area contributed by atoms with Gasteiger partial charge in [0.1, 0.15) is 5.54 Å². The lowest BCUT2D eigenvalue weighted by molar-refractivity contribution is -0.146. The van der Waals surface area contributed by atoms with Crippen LogP contribution in [0.3, 0.4) is 0 Å². The summed E-state index contributed by atoms with van der Waals surface area (Å²) < 4.78 is 0. The Kier molecular flexibility index (Phi) is 4.33. The molecule has 0 aromatic heterocycles. The highest BCUT2D eigenvalue weighted by Crippen LogP contribution is 2.29. The van der Waals surface area contributed by atoms with Crippen LogP contribution >= 0.6 is 0 Å². The summed E-state index contributed by atoms with van der Waals surface area (Å²) in [6.45, 7) is 3.62. The van der Waals surface area contributed by atoms with Crippen molar-refractivity contribution < 1.29 is 15.0 Å². The number of carboxylic acids is 1. The maximum absolute atomic E-state index is 11.5. The predicted octanol–water partition coefficient (Wildman–Crippen LogP) is 1.52. The van der Waals surface area contributed by atoms with Crippen molar-refractivity contribution >= 4 is 5.97 Å². The summed E-state index contributed by atoms with van der Waals surface area (Å²) in [5.74, 6) is -0.782. The molecule has 1 aliphatic rings. The van der Waals surface area contributed by atoms with Crippen molar-refractivity contribution in [2.45, 2.75) is 63.5 Å². The van der Waals surface area contributed by atoms with E-state index in [0.29, 0.717) is 12.8 Å². The van der Waals surface area contributed by atoms with E-state index in [2.05, 4.69) is 5.32 Å². The number of hydrogen-bond donors (Lipinski definition) is 3. The van der Waals surface area contributed by atoms with E-state index in [1.807, 2.05) is 13.8 Å². The highest BCUT2D eigenvalue weighted by Gasteiger charge is 2.41. The quantitative estimate of drug-likeness (QED) is 0.639. The van der Waals surface area contributed by atoms with Gasteiger partial charge in [-0.15, -0.1) is 0 Å². The highest BCUT2D eigenvalue weighted by molar-refractivity contribution is 5.79. The number of aliphatic hydroxyl groups excluding tert-OH is 1. The summed E-state index contributed by atoms with van der Waals surface area (Å²) in [4.78, 5) is 11.5. The Morgan fingerprint density at radius 2 is 1.75 bits per heavy atom. The molecular formula is C12H23NO3. The molecule has 0 heterocycles. The predicted molar refractivity (Wildman–Crippen MR) is 62.4 cm³/mol. The number of carboxylic acid groups (broad SMARTS) is 1. The summed E-state index contributed by atoms with van der Waals surface area (Å²) in [6.07, 6.45) is 5.42. The van der Waals surface area contributed by atoms with Gasteiger partial charge in [-0.05, 0) is 26.7 Å². The molecule has 0 spiro atoms. The Morgan fingerprint density at radius 3 is 2.12 bits per heavy atom. The molecule has 0 aromatic rings. The van der Waals surface area contributed by atoms with Gasteiger partial charge in [-0.3, -0.25) is 10.1 Å². The van der Waals surface area contributed by atoms with Crippen molar-refractivity contribution in [2.24, 2.45) is 0 Å². The van der Waals surface area contributed by atoms with Crippen LogP contribution < -0.4 is 5.32 Å². The molecule has 0 atom stereocenters. The second-order valence-electron chi connectivity index (χ2n) is 5.47. The topological polar surface area (TPSA) is 69.6 Å². The fraction of sp³-hybridized carbons (Fsp3) is 0.917. The maximum Gasteiger partial charge on any atom is 0.323 e. The normalized spacial score (nSPS) is 21.4. The van der Waals surface area contributed by atoms with E-state index >= 15 is 0 Å². The summed E-state index contributed by atoms with van der Waals surface area (Å²) in [5, 5.41) is 21.8. The van der Waals surface area contributed by atoms with Gasteiger partial charge in [-0.2, -0.15) is 0 Å². The van der Waals surface area contributed by atoms with Crippen LogP contribution in [0, 0.1) is 0 Å². The van der Waals surface area contributed by atoms with Crippen molar-refractivity contribution in [3.63, 3.8) is 0 Å². The standard InChI is InChI=1S/C12H23NO3/c1-11(2,9-14)13-12(10(15)16)7-5-3-4-6-8-12/h13-14H,3-9H2,1-2H3,(H,15,16). The van der Waals surface area contributed by atoms with E-state index in [1.54, 1.807) is 0 Å². The molecule has 1 fully saturated rings. The minimum Gasteiger partial charge on any atom is -0.480 e. The molecule has 1 rings (SSSR count). The lowest BCUT2D eigenvalue weighted by atomic mass is 9.87. The molecule has 3 N–H and O–H groups in total. The molecule has 0 amide bonds. The van der Waals surface area contributed by atoms with Crippen molar-refractivity contribution in [1.82, 2.24) is 5.32 Å². The van der Waals surface area contributed by atoms with Gasteiger partial charge in [0, 0.05) is 5.54 Å². The van der Waals surface area contributed by atoms with Crippen LogP contribution in [0.25, 0.3) is 0 Å². The Balaban J connectivity index is 2.82. The molecular weight excluding hydrogens is 206 g/mol. The summed E-state index contributed by atoms with van der Waals surface area (Å²) in [5.41, 5.74) is -1.38. The molecule has 0 saturated heterocycles. The van der Waals surface area contributed by atoms with Gasteiger partial charge in [0.2, 0.25) is 0 Å². The van der Waals surface area contributed by atoms with Crippen LogP contribution in [-0.4, -0.2) is 33.9 Å². The summed E-state index contributed by atoms with van der Waals surface area (Å²) in [7, 11) is 0. The van der Waals surface area contributed by atoms with Crippen molar-refractivity contribution in [3.8, 4) is 0 Å². The number of aliphatic hydroxyl groups is 1. The molecule has 0 aromatic carbocycles. The van der Waals surface area contributed by atoms with Crippen LogP contribution in [0.15, 0.2) is 0 Å². The zero-order chi connectivity index (χ0) is 12.2. The second kappa shape index (κ2) is 5.15. The van der Waals surface area contributed by atoms with Crippen LogP contribution in [0.2, 0.25) is 0 Å². The molecule has 16 heavy (non-hydrogen) atoms. The third-order valence-corrected chi connectivity index (χ3v) is 3.34. The number of nitrogens with one attached hydrogen (secondary N) is 1. The summed E-state index contributed by atoms with van der Waals surface area (Å²) in [6, 6.07) is 0. The monoisotopic (exact) mass is 229 g/mol. The largest absolute Gasteiger partial charge is 0.480 e. The van der Waals surface area contributed by atoms with Crippen molar-refractivity contribution in [3.05, 3.63) is 0 Å². The first-order chi connectivity index (χ1) is 7.42. The van der Waals surface area contributed by atoms with Gasteiger partial charge in [0.25, 0.3) is 0 Å². The van der Waals surface area contributed by atoms with Crippen LogP contribution in [-0.2, 0) is 4.79 Å². The lowest BCUT2D eigenvalue weighted by Crippen LogP contribution is -2.61. The number of rotatable bonds is 4. The summed E-state index contributed by atoms with van der Waals surface area (Å²) >= 11 is 0. The average molecular weight is 229 g/mol. The van der Waals surface area contributed by atoms with Crippen LogP contribution in [0.1, 0.15) is 52.4 Å². The first-order valence-electron chi connectivity index (χ1n) is 6.05. The van der Waals surface area contributed by atoms with Gasteiger partial charge >= 0.3 is 5.97 Å². The Hall–Kier alpha value is -0.610. The van der Waals surface area contributed by atoms with Crippen molar-refractivity contribution in [2.75, 3.05) is 6.61 Å². The van der Waals surface area contributed by atoms with E-state index in [4.69, 9.17) is 0 Å². The SMILES string of the molecule is CC(C)(CO)NC1(C(=O)O)CCCCCC1. The lowest BCUT2D eigenvalue weighted by Gasteiger charge is -2.37. The highest BCUT2D eigenvalue weighted by atomic mass is 16.4. The third kappa shape index (κ3) is 3.19. The molecule has 94 valence electrons. The van der Waals surface area contributed by atoms with E-state index < -0.39 is 17.0 Å². The Labute approximate surface area is 97.0 Å². The fourth-order valence-corrected chi connectivity index (χ4v) is 2.41. The molecule has 0 aliphatic heterocycles. The number of hydrogen-bond acceptors (Lipinski definition) is 3. The van der Waals surface area contributed by atoms with Gasteiger partial charge in [0.15, 0.2) is 0 Å². The van der Waals surface area contributed by atoms with Gasteiger partial charge in [-0.1, -0.05) is 25.7 Å². The maximum atomic E-state index is 11.5. The van der Waals surface area contributed by atoms with Gasteiger partial charge < -0.3 is 10.2 Å². The zero-order valence-corrected chi connectivity index (χ0v) is 10.3. The van der Waals surface area contributed by atoms with E-state index in [9.17, 15) is 15.0 Å². The second-order valence-corrected chi connectivity index (χ2v) is 5.47. The molecule has 0 bridgehead atoms. The minimum atomic E-state index is -0.845. The average Bonchev–Trinajstić information content (AvgIpc) is 2.44. The van der Waals surface area contributed by atoms with Crippen LogP contribution in [0.5, 0.6) is 0 Å². The van der Waals surface area contributed by atoms with E-state index in [1.165, 1.54) is 0 Å². The molecule has 0 unspecified atom stereocenters. The molecule has 4 heteroatoms. The van der Waals surface area contributed by atoms with E-state index in [-0.39, 0.29) is 6.61 Å². The van der Waals surface area contributed by atoms with E-state index in [0.717, 1.165) is 25.7 Å².